The van der Waals surface area contributed by atoms with E-state index in [4.69, 9.17) is 13.9 Å². The summed E-state index contributed by atoms with van der Waals surface area (Å²) in [5, 5.41) is 0.814. The number of esters is 1. The van der Waals surface area contributed by atoms with Gasteiger partial charge in [0.05, 0.1) is 5.56 Å². The first-order valence-corrected chi connectivity index (χ1v) is 9.28. The van der Waals surface area contributed by atoms with Crippen molar-refractivity contribution in [1.82, 2.24) is 4.98 Å². The van der Waals surface area contributed by atoms with Gasteiger partial charge in [-0.15, -0.1) is 0 Å². The van der Waals surface area contributed by atoms with Crippen molar-refractivity contribution < 1.29 is 23.5 Å². The lowest BCUT2D eigenvalue weighted by Gasteiger charge is -2.06. The first-order valence-electron chi connectivity index (χ1n) is 9.28. The molecule has 5 rings (SSSR count). The van der Waals surface area contributed by atoms with Crippen LogP contribution < -0.4 is 9.47 Å². The van der Waals surface area contributed by atoms with Crippen LogP contribution in [0.15, 0.2) is 77.2 Å². The molecule has 0 bridgehead atoms. The number of allylic oxidation sites excluding steroid dienone is 1. The van der Waals surface area contributed by atoms with Crippen molar-refractivity contribution in [1.29, 1.82) is 0 Å². The molecular formula is C24H15NO5. The Labute approximate surface area is 171 Å². The molecule has 0 saturated heterocycles. The number of nitrogens with zero attached hydrogens (tertiary/aromatic N) is 1. The van der Waals surface area contributed by atoms with E-state index >= 15 is 0 Å². The number of rotatable bonds is 3. The van der Waals surface area contributed by atoms with Crippen molar-refractivity contribution in [2.75, 3.05) is 0 Å². The van der Waals surface area contributed by atoms with E-state index in [-0.39, 0.29) is 23.1 Å². The van der Waals surface area contributed by atoms with Crippen molar-refractivity contribution in [3.63, 3.8) is 0 Å². The minimum Gasteiger partial charge on any atom is -0.452 e. The second kappa shape index (κ2) is 7.00. The highest BCUT2D eigenvalue weighted by Gasteiger charge is 2.30. The highest BCUT2D eigenvalue weighted by molar-refractivity contribution is 6.15. The van der Waals surface area contributed by atoms with Crippen LogP contribution in [0.4, 0.5) is 0 Å². The smallest absolute Gasteiger partial charge is 0.379 e. The molecule has 0 unspecified atom stereocenters. The average Bonchev–Trinajstić information content (AvgIpc) is 3.30. The highest BCUT2D eigenvalue weighted by Crippen LogP contribution is 2.37. The maximum atomic E-state index is 12.7. The average molecular weight is 397 g/mol. The zero-order valence-corrected chi connectivity index (χ0v) is 15.9. The molecule has 3 heterocycles. The van der Waals surface area contributed by atoms with Crippen molar-refractivity contribution in [2.45, 2.75) is 6.92 Å². The zero-order valence-electron chi connectivity index (χ0n) is 15.9. The number of para-hydroxylation sites is 1. The Hall–Kier alpha value is -4.19. The second-order valence-electron chi connectivity index (χ2n) is 6.87. The summed E-state index contributed by atoms with van der Waals surface area (Å²) in [5.74, 6) is 0.101. The zero-order chi connectivity index (χ0) is 20.7. The Balaban J connectivity index is 1.42. The van der Waals surface area contributed by atoms with Gasteiger partial charge in [-0.3, -0.25) is 9.78 Å². The summed E-state index contributed by atoms with van der Waals surface area (Å²) in [6.45, 7) is 1.77. The van der Waals surface area contributed by atoms with Gasteiger partial charge in [0.1, 0.15) is 17.1 Å². The minimum atomic E-state index is -0.623. The van der Waals surface area contributed by atoms with Crippen LogP contribution in [0.3, 0.4) is 0 Å². The molecule has 0 radical (unpaired) electrons. The maximum absolute atomic E-state index is 12.7. The van der Waals surface area contributed by atoms with E-state index in [1.165, 1.54) is 6.07 Å². The van der Waals surface area contributed by atoms with E-state index in [0.717, 1.165) is 10.9 Å². The standard InChI is InChI=1S/C24H15NO5/c1-14-10-17(28-24(27)21-12-16-4-2-3-5-18(16)29-21)13-19-22(14)23(26)20(30-19)11-15-6-8-25-9-7-15/h2-13H,1H3/b20-11-. The summed E-state index contributed by atoms with van der Waals surface area (Å²) >= 11 is 0. The van der Waals surface area contributed by atoms with E-state index in [0.29, 0.717) is 22.5 Å². The number of benzene rings is 2. The van der Waals surface area contributed by atoms with Gasteiger partial charge in [-0.2, -0.15) is 0 Å². The minimum absolute atomic E-state index is 0.101. The fraction of sp³-hybridized carbons (Fsp3) is 0.0417. The number of hydrogen-bond donors (Lipinski definition) is 0. The largest absolute Gasteiger partial charge is 0.452 e. The molecular weight excluding hydrogens is 382 g/mol. The number of fused-ring (bicyclic) bond motifs is 2. The van der Waals surface area contributed by atoms with Gasteiger partial charge in [0.25, 0.3) is 0 Å². The highest BCUT2D eigenvalue weighted by atomic mass is 16.5. The molecule has 146 valence electrons. The molecule has 0 N–H and O–H groups in total. The monoisotopic (exact) mass is 397 g/mol. The van der Waals surface area contributed by atoms with E-state index in [1.54, 1.807) is 55.7 Å². The Morgan fingerprint density at radius 2 is 1.87 bits per heavy atom. The number of ketones is 1. The van der Waals surface area contributed by atoms with Crippen LogP contribution in [-0.4, -0.2) is 16.7 Å². The van der Waals surface area contributed by atoms with Crippen LogP contribution in [0, 0.1) is 6.92 Å². The number of aryl methyl sites for hydroxylation is 1. The lowest BCUT2D eigenvalue weighted by molar-refractivity contribution is 0.0703. The van der Waals surface area contributed by atoms with Gasteiger partial charge in [0.15, 0.2) is 5.76 Å². The Morgan fingerprint density at radius 3 is 2.67 bits per heavy atom. The van der Waals surface area contributed by atoms with E-state index in [9.17, 15) is 9.59 Å². The number of carbonyl (C=O) groups excluding carboxylic acids is 2. The third-order valence-electron chi connectivity index (χ3n) is 4.78. The van der Waals surface area contributed by atoms with Gasteiger partial charge in [0, 0.05) is 23.8 Å². The van der Waals surface area contributed by atoms with E-state index in [2.05, 4.69) is 4.98 Å². The van der Waals surface area contributed by atoms with Gasteiger partial charge < -0.3 is 13.9 Å². The molecule has 0 fully saturated rings. The number of Topliss-reactive ketones (excluding diaryl/α,β-unsaturated/α-hetero) is 1. The molecule has 2 aromatic heterocycles. The number of hydrogen-bond acceptors (Lipinski definition) is 6. The maximum Gasteiger partial charge on any atom is 0.379 e. The predicted molar refractivity (Wildman–Crippen MR) is 110 cm³/mol. The van der Waals surface area contributed by atoms with Gasteiger partial charge in [-0.05, 0) is 54.5 Å². The molecule has 2 aromatic carbocycles. The Kier molecular flexibility index (Phi) is 4.17. The SMILES string of the molecule is Cc1cc(OC(=O)c2cc3ccccc3o2)cc2c1C(=O)/C(=C/c1ccncc1)O2. The van der Waals surface area contributed by atoms with Gasteiger partial charge in [-0.25, -0.2) is 4.79 Å². The summed E-state index contributed by atoms with van der Waals surface area (Å²) in [7, 11) is 0. The quantitative estimate of drug-likeness (QED) is 0.276. The molecule has 0 amide bonds. The summed E-state index contributed by atoms with van der Waals surface area (Å²) in [6, 6.07) is 15.7. The molecule has 0 spiro atoms. The second-order valence-corrected chi connectivity index (χ2v) is 6.87. The summed E-state index contributed by atoms with van der Waals surface area (Å²) in [5.41, 5.74) is 2.52. The third-order valence-corrected chi connectivity index (χ3v) is 4.78. The van der Waals surface area contributed by atoms with Crippen LogP contribution in [-0.2, 0) is 0 Å². The number of carbonyl (C=O) groups is 2. The molecule has 0 aliphatic carbocycles. The predicted octanol–water partition coefficient (Wildman–Crippen LogP) is 4.97. The first-order chi connectivity index (χ1) is 14.6. The fourth-order valence-electron chi connectivity index (χ4n) is 3.39. The summed E-state index contributed by atoms with van der Waals surface area (Å²) < 4.78 is 16.8. The number of aromatic nitrogens is 1. The summed E-state index contributed by atoms with van der Waals surface area (Å²) in [6.07, 6.45) is 4.93. The van der Waals surface area contributed by atoms with Crippen LogP contribution in [0.2, 0.25) is 0 Å². The Morgan fingerprint density at radius 1 is 1.07 bits per heavy atom. The molecule has 1 aliphatic heterocycles. The van der Waals surface area contributed by atoms with Crippen molar-refractivity contribution in [2.24, 2.45) is 0 Å². The molecule has 4 aromatic rings. The van der Waals surface area contributed by atoms with E-state index < -0.39 is 5.97 Å². The lowest BCUT2D eigenvalue weighted by atomic mass is 10.0. The van der Waals surface area contributed by atoms with Crippen LogP contribution in [0.5, 0.6) is 11.5 Å². The van der Waals surface area contributed by atoms with Crippen LogP contribution >= 0.6 is 0 Å². The van der Waals surface area contributed by atoms with Gasteiger partial charge >= 0.3 is 5.97 Å². The molecule has 6 heteroatoms. The van der Waals surface area contributed by atoms with Gasteiger partial charge in [-0.1, -0.05) is 18.2 Å². The molecule has 0 saturated carbocycles. The van der Waals surface area contributed by atoms with Gasteiger partial charge in [0.2, 0.25) is 11.5 Å². The van der Waals surface area contributed by atoms with E-state index in [1.807, 2.05) is 18.2 Å². The molecule has 6 nitrogen and oxygen atoms in total. The lowest BCUT2D eigenvalue weighted by Crippen LogP contribution is -2.07. The first kappa shape index (κ1) is 17.9. The Bertz CT molecular complexity index is 1300. The van der Waals surface area contributed by atoms with Crippen molar-refractivity contribution in [3.05, 3.63) is 95.2 Å². The number of ether oxygens (including phenoxy) is 2. The molecule has 1 aliphatic rings. The topological polar surface area (TPSA) is 78.6 Å². The van der Waals surface area contributed by atoms with Crippen LogP contribution in [0.25, 0.3) is 17.0 Å². The third kappa shape index (κ3) is 3.14. The molecule has 0 atom stereocenters. The normalized spacial score (nSPS) is 14.0. The molecule has 30 heavy (non-hydrogen) atoms. The number of furan rings is 1. The fourth-order valence-corrected chi connectivity index (χ4v) is 3.39. The van der Waals surface area contributed by atoms with Crippen molar-refractivity contribution >= 4 is 28.8 Å². The summed E-state index contributed by atoms with van der Waals surface area (Å²) in [4.78, 5) is 29.2. The van der Waals surface area contributed by atoms with Crippen molar-refractivity contribution in [3.8, 4) is 11.5 Å². The van der Waals surface area contributed by atoms with Crippen LogP contribution in [0.1, 0.15) is 32.0 Å². The number of pyridine rings is 1.